The lowest BCUT2D eigenvalue weighted by atomic mass is 10.1. The summed E-state index contributed by atoms with van der Waals surface area (Å²) in [6, 6.07) is 0. The summed E-state index contributed by atoms with van der Waals surface area (Å²) in [7, 11) is 3.20. The maximum absolute atomic E-state index is 10.3. The van der Waals surface area contributed by atoms with Crippen molar-refractivity contribution in [2.45, 2.75) is 44.2 Å². The Hall–Kier alpha value is -1.17. The van der Waals surface area contributed by atoms with E-state index in [4.69, 9.17) is 19.3 Å². The minimum Gasteiger partial charge on any atom is -0.481 e. The highest BCUT2D eigenvalue weighted by Crippen LogP contribution is 2.29. The standard InChI is InChI=1S/C14H22O5/c1-17-13-9-11-14(18-2,19-13)10-7-5-3-4-6-8-12(15)16/h3,5,9,11,13H,4,6-8,10H2,1-2H3,(H,15,16)/b5-3-. The Morgan fingerprint density at radius 1 is 1.42 bits per heavy atom. The van der Waals surface area contributed by atoms with E-state index in [1.54, 1.807) is 14.2 Å². The summed E-state index contributed by atoms with van der Waals surface area (Å²) in [5, 5.41) is 8.50. The average molecular weight is 270 g/mol. The van der Waals surface area contributed by atoms with Crippen molar-refractivity contribution in [3.05, 3.63) is 24.3 Å². The number of hydrogen-bond acceptors (Lipinski definition) is 4. The van der Waals surface area contributed by atoms with Crippen molar-refractivity contribution in [1.29, 1.82) is 0 Å². The third-order valence-electron chi connectivity index (χ3n) is 2.99. The van der Waals surface area contributed by atoms with Gasteiger partial charge >= 0.3 is 5.97 Å². The van der Waals surface area contributed by atoms with Crippen LogP contribution in [0.2, 0.25) is 0 Å². The highest BCUT2D eigenvalue weighted by molar-refractivity contribution is 5.66. The average Bonchev–Trinajstić information content (AvgIpc) is 2.82. The summed E-state index contributed by atoms with van der Waals surface area (Å²) >= 11 is 0. The first-order valence-corrected chi connectivity index (χ1v) is 6.44. The zero-order chi connectivity index (χ0) is 14.1. The Labute approximate surface area is 113 Å². The van der Waals surface area contributed by atoms with Gasteiger partial charge < -0.3 is 19.3 Å². The Morgan fingerprint density at radius 3 is 2.74 bits per heavy atom. The quantitative estimate of drug-likeness (QED) is 0.515. The van der Waals surface area contributed by atoms with Crippen molar-refractivity contribution in [3.8, 4) is 0 Å². The number of methoxy groups -OCH3 is 2. The molecule has 0 aliphatic carbocycles. The maximum Gasteiger partial charge on any atom is 0.303 e. The molecular formula is C14H22O5. The van der Waals surface area contributed by atoms with Gasteiger partial charge in [-0.25, -0.2) is 0 Å². The number of carboxylic acids is 1. The van der Waals surface area contributed by atoms with Crippen LogP contribution in [0.1, 0.15) is 32.1 Å². The van der Waals surface area contributed by atoms with E-state index in [0.29, 0.717) is 12.8 Å². The summed E-state index contributed by atoms with van der Waals surface area (Å²) in [4.78, 5) is 10.3. The van der Waals surface area contributed by atoms with Gasteiger partial charge in [-0.05, 0) is 31.4 Å². The van der Waals surface area contributed by atoms with Gasteiger partial charge in [0.05, 0.1) is 0 Å². The van der Waals surface area contributed by atoms with Crippen LogP contribution in [0.3, 0.4) is 0 Å². The molecule has 0 spiro atoms. The first-order chi connectivity index (χ1) is 9.12. The maximum atomic E-state index is 10.3. The van der Waals surface area contributed by atoms with Gasteiger partial charge in [0.1, 0.15) is 0 Å². The molecular weight excluding hydrogens is 248 g/mol. The van der Waals surface area contributed by atoms with E-state index in [9.17, 15) is 4.79 Å². The Morgan fingerprint density at radius 2 is 2.16 bits per heavy atom. The molecule has 108 valence electrons. The van der Waals surface area contributed by atoms with E-state index < -0.39 is 11.8 Å². The number of allylic oxidation sites excluding steroid dienone is 2. The highest BCUT2D eigenvalue weighted by Gasteiger charge is 2.34. The van der Waals surface area contributed by atoms with E-state index in [0.717, 1.165) is 12.8 Å². The molecule has 1 rings (SSSR count). The van der Waals surface area contributed by atoms with E-state index in [2.05, 4.69) is 0 Å². The van der Waals surface area contributed by atoms with Crippen molar-refractivity contribution < 1.29 is 24.1 Å². The van der Waals surface area contributed by atoms with Crippen LogP contribution in [0.5, 0.6) is 0 Å². The fourth-order valence-electron chi connectivity index (χ4n) is 1.88. The monoisotopic (exact) mass is 270 g/mol. The van der Waals surface area contributed by atoms with Crippen LogP contribution in [-0.4, -0.2) is 37.4 Å². The summed E-state index contributed by atoms with van der Waals surface area (Å²) < 4.78 is 16.1. The minimum atomic E-state index is -0.748. The molecule has 5 nitrogen and oxygen atoms in total. The number of carboxylic acid groups (broad SMARTS) is 1. The Balaban J connectivity index is 2.22. The second-order valence-electron chi connectivity index (χ2n) is 4.39. The summed E-state index contributed by atoms with van der Waals surface area (Å²) in [6.45, 7) is 0. The van der Waals surface area contributed by atoms with Crippen LogP contribution in [0.25, 0.3) is 0 Å². The van der Waals surface area contributed by atoms with Gasteiger partial charge in [0.25, 0.3) is 0 Å². The number of ether oxygens (including phenoxy) is 3. The predicted octanol–water partition coefficient (Wildman–Crippen LogP) is 2.48. The van der Waals surface area contributed by atoms with Crippen LogP contribution in [-0.2, 0) is 19.0 Å². The molecule has 1 aliphatic rings. The minimum absolute atomic E-state index is 0.216. The lowest BCUT2D eigenvalue weighted by Crippen LogP contribution is -2.32. The van der Waals surface area contributed by atoms with Gasteiger partial charge in [-0.1, -0.05) is 12.2 Å². The zero-order valence-electron chi connectivity index (χ0n) is 11.5. The van der Waals surface area contributed by atoms with Gasteiger partial charge in [0, 0.05) is 27.1 Å². The van der Waals surface area contributed by atoms with Crippen molar-refractivity contribution in [1.82, 2.24) is 0 Å². The second kappa shape index (κ2) is 8.09. The molecule has 0 aromatic heterocycles. The van der Waals surface area contributed by atoms with Gasteiger partial charge in [-0.15, -0.1) is 0 Å². The molecule has 0 amide bonds. The van der Waals surface area contributed by atoms with E-state index in [1.807, 2.05) is 24.3 Å². The highest BCUT2D eigenvalue weighted by atomic mass is 16.8. The number of carbonyl (C=O) groups is 1. The number of aliphatic carboxylic acids is 1. The SMILES string of the molecule is COC1C=CC(CC/C=C\CCCC(=O)O)(OC)O1. The van der Waals surface area contributed by atoms with Gasteiger partial charge in [0.2, 0.25) is 0 Å². The molecule has 5 heteroatoms. The van der Waals surface area contributed by atoms with Gasteiger partial charge in [-0.2, -0.15) is 0 Å². The molecule has 0 saturated carbocycles. The first kappa shape index (κ1) is 15.9. The molecule has 0 bridgehead atoms. The number of hydrogen-bond donors (Lipinski definition) is 1. The smallest absolute Gasteiger partial charge is 0.303 e. The topological polar surface area (TPSA) is 65.0 Å². The van der Waals surface area contributed by atoms with Crippen molar-refractivity contribution in [2.75, 3.05) is 14.2 Å². The molecule has 19 heavy (non-hydrogen) atoms. The van der Waals surface area contributed by atoms with Crippen molar-refractivity contribution in [2.24, 2.45) is 0 Å². The number of unbranched alkanes of at least 4 members (excludes halogenated alkanes) is 1. The molecule has 0 saturated heterocycles. The van der Waals surface area contributed by atoms with Crippen molar-refractivity contribution >= 4 is 5.97 Å². The lowest BCUT2D eigenvalue weighted by Gasteiger charge is -2.26. The summed E-state index contributed by atoms with van der Waals surface area (Å²) in [5.74, 6) is -1.45. The fourth-order valence-corrected chi connectivity index (χ4v) is 1.88. The Bertz CT molecular complexity index is 337. The summed E-state index contributed by atoms with van der Waals surface area (Å²) in [6.07, 6.45) is 10.6. The summed E-state index contributed by atoms with van der Waals surface area (Å²) in [5.41, 5.74) is 0. The molecule has 2 unspecified atom stereocenters. The molecule has 0 radical (unpaired) electrons. The Kier molecular flexibility index (Phi) is 6.77. The van der Waals surface area contributed by atoms with Gasteiger partial charge in [-0.3, -0.25) is 4.79 Å². The number of rotatable bonds is 9. The second-order valence-corrected chi connectivity index (χ2v) is 4.39. The van der Waals surface area contributed by atoms with Crippen molar-refractivity contribution in [3.63, 3.8) is 0 Å². The largest absolute Gasteiger partial charge is 0.481 e. The normalized spacial score (nSPS) is 26.3. The molecule has 1 heterocycles. The third kappa shape index (κ3) is 5.55. The van der Waals surface area contributed by atoms with Crippen LogP contribution in [0.15, 0.2) is 24.3 Å². The predicted molar refractivity (Wildman–Crippen MR) is 70.6 cm³/mol. The molecule has 1 N–H and O–H groups in total. The van der Waals surface area contributed by atoms with Crippen LogP contribution in [0, 0.1) is 0 Å². The fraction of sp³-hybridized carbons (Fsp3) is 0.643. The van der Waals surface area contributed by atoms with E-state index in [-0.39, 0.29) is 12.7 Å². The van der Waals surface area contributed by atoms with Gasteiger partial charge in [0.15, 0.2) is 12.1 Å². The lowest BCUT2D eigenvalue weighted by molar-refractivity contribution is -0.244. The molecule has 0 aromatic rings. The molecule has 1 aliphatic heterocycles. The zero-order valence-corrected chi connectivity index (χ0v) is 11.5. The first-order valence-electron chi connectivity index (χ1n) is 6.44. The molecule has 0 aromatic carbocycles. The van der Waals surface area contributed by atoms with Crippen LogP contribution >= 0.6 is 0 Å². The molecule has 0 fully saturated rings. The van der Waals surface area contributed by atoms with E-state index in [1.165, 1.54) is 0 Å². The van der Waals surface area contributed by atoms with E-state index >= 15 is 0 Å². The van der Waals surface area contributed by atoms with Crippen LogP contribution < -0.4 is 0 Å². The molecule has 2 atom stereocenters. The third-order valence-corrected chi connectivity index (χ3v) is 2.99. The van der Waals surface area contributed by atoms with Crippen LogP contribution in [0.4, 0.5) is 0 Å².